The summed E-state index contributed by atoms with van der Waals surface area (Å²) >= 11 is 13.7. The molecule has 3 aromatic rings. The minimum Gasteiger partial charge on any atom is -0.413 e. The first kappa shape index (κ1) is 14.6. The molecule has 0 saturated heterocycles. The highest BCUT2D eigenvalue weighted by atomic mass is 79.9. The Hall–Kier alpha value is -0.380. The lowest BCUT2D eigenvalue weighted by Crippen LogP contribution is -1.91. The van der Waals surface area contributed by atoms with E-state index in [4.69, 9.17) is 4.42 Å². The van der Waals surface area contributed by atoms with Gasteiger partial charge >= 0.3 is 0 Å². The Morgan fingerprint density at radius 1 is 1.05 bits per heavy atom. The third-order valence-electron chi connectivity index (χ3n) is 2.72. The summed E-state index contributed by atoms with van der Waals surface area (Å²) in [6, 6.07) is 3.79. The molecule has 0 bridgehead atoms. The van der Waals surface area contributed by atoms with Gasteiger partial charge in [0.25, 0.3) is 11.8 Å². The molecule has 0 aromatic carbocycles. The molecule has 20 heavy (non-hydrogen) atoms. The van der Waals surface area contributed by atoms with Crippen LogP contribution in [0.3, 0.4) is 0 Å². The lowest BCUT2D eigenvalue weighted by atomic mass is 10.4. The van der Waals surface area contributed by atoms with E-state index in [1.54, 1.807) is 0 Å². The number of hydrogen-bond acceptors (Lipinski definition) is 3. The largest absolute Gasteiger partial charge is 0.413 e. The molecule has 0 fully saturated rings. The van der Waals surface area contributed by atoms with Crippen LogP contribution in [-0.4, -0.2) is 19.7 Å². The molecule has 3 aromatic heterocycles. The maximum absolute atomic E-state index is 5.72. The van der Waals surface area contributed by atoms with Crippen LogP contribution >= 0.6 is 63.7 Å². The molecule has 0 spiro atoms. The van der Waals surface area contributed by atoms with Crippen molar-refractivity contribution in [3.05, 3.63) is 30.3 Å². The number of aromatic nitrogens is 4. The molecule has 0 unspecified atom stereocenters. The highest BCUT2D eigenvalue weighted by Gasteiger charge is 2.18. The molecule has 5 nitrogen and oxygen atoms in total. The van der Waals surface area contributed by atoms with Crippen LogP contribution in [0.15, 0.2) is 34.7 Å². The topological polar surface area (TPSA) is 59.6 Å². The molecule has 0 atom stereocenters. The Morgan fingerprint density at radius 2 is 1.75 bits per heavy atom. The summed E-state index contributed by atoms with van der Waals surface area (Å²) in [5.74, 6) is 0.885. The summed E-state index contributed by atoms with van der Waals surface area (Å²) in [6.07, 6.45) is 0. The number of nitrogens with zero attached hydrogens (tertiary/aromatic N) is 3. The van der Waals surface area contributed by atoms with Crippen molar-refractivity contribution < 1.29 is 4.42 Å². The summed E-state index contributed by atoms with van der Waals surface area (Å²) in [7, 11) is 1.91. The zero-order chi connectivity index (χ0) is 14.4. The average Bonchev–Trinajstić information content (AvgIpc) is 3.07. The van der Waals surface area contributed by atoms with Gasteiger partial charge < -0.3 is 14.0 Å². The number of hydrogen-bond donors (Lipinski definition) is 1. The second kappa shape index (κ2) is 5.43. The van der Waals surface area contributed by atoms with Crippen molar-refractivity contribution in [3.8, 4) is 23.2 Å². The van der Waals surface area contributed by atoms with Gasteiger partial charge in [0.05, 0.1) is 18.2 Å². The van der Waals surface area contributed by atoms with E-state index in [0.29, 0.717) is 11.8 Å². The Labute approximate surface area is 147 Å². The van der Waals surface area contributed by atoms with Gasteiger partial charge in [0.2, 0.25) is 0 Å². The van der Waals surface area contributed by atoms with Gasteiger partial charge in [-0.3, -0.25) is 0 Å². The van der Waals surface area contributed by atoms with E-state index >= 15 is 0 Å². The SMILES string of the molecule is Cn1c(-c2nnc(-c3cc(Br)c(Br)[nH]3)o2)cc(Br)c1Br. The van der Waals surface area contributed by atoms with Crippen LogP contribution in [0, 0.1) is 0 Å². The second-order valence-electron chi connectivity index (χ2n) is 3.98. The normalized spacial score (nSPS) is 11.2. The minimum absolute atomic E-state index is 0.430. The van der Waals surface area contributed by atoms with Crippen molar-refractivity contribution in [1.82, 2.24) is 19.7 Å². The van der Waals surface area contributed by atoms with Gasteiger partial charge in [0.15, 0.2) is 0 Å². The van der Waals surface area contributed by atoms with Gasteiger partial charge in [0.1, 0.15) is 11.4 Å². The third-order valence-corrected chi connectivity index (χ3v) is 6.59. The van der Waals surface area contributed by atoms with E-state index in [2.05, 4.69) is 78.9 Å². The van der Waals surface area contributed by atoms with Gasteiger partial charge in [0, 0.05) is 7.05 Å². The van der Waals surface area contributed by atoms with Crippen LogP contribution < -0.4 is 0 Å². The van der Waals surface area contributed by atoms with E-state index < -0.39 is 0 Å². The van der Waals surface area contributed by atoms with E-state index in [1.165, 1.54) is 0 Å². The fourth-order valence-electron chi connectivity index (χ4n) is 1.70. The Bertz CT molecular complexity index is 769. The summed E-state index contributed by atoms with van der Waals surface area (Å²) in [5.41, 5.74) is 1.57. The molecule has 1 N–H and O–H groups in total. The number of aromatic amines is 1. The molecular weight excluding hydrogens is 524 g/mol. The monoisotopic (exact) mass is 526 g/mol. The lowest BCUT2D eigenvalue weighted by molar-refractivity contribution is 0.576. The predicted octanol–water partition coefficient (Wildman–Crippen LogP) is 5.12. The summed E-state index contributed by atoms with van der Waals surface area (Å²) in [6.45, 7) is 0. The van der Waals surface area contributed by atoms with E-state index in [0.717, 1.165) is 29.5 Å². The number of rotatable bonds is 2. The summed E-state index contributed by atoms with van der Waals surface area (Å²) in [4.78, 5) is 3.10. The van der Waals surface area contributed by atoms with Crippen LogP contribution in [0.25, 0.3) is 23.2 Å². The second-order valence-corrected chi connectivity index (χ2v) is 7.24. The van der Waals surface area contributed by atoms with Gasteiger partial charge in [-0.1, -0.05) is 0 Å². The first-order chi connectivity index (χ1) is 9.47. The molecule has 104 valence electrons. The van der Waals surface area contributed by atoms with Crippen molar-refractivity contribution >= 4 is 63.7 Å². The predicted molar refractivity (Wildman–Crippen MR) is 89.3 cm³/mol. The van der Waals surface area contributed by atoms with Crippen LogP contribution in [-0.2, 0) is 7.05 Å². The average molecular weight is 530 g/mol. The van der Waals surface area contributed by atoms with Crippen LogP contribution in [0.5, 0.6) is 0 Å². The molecular formula is C11H6Br4N4O. The van der Waals surface area contributed by atoms with Crippen LogP contribution in [0.4, 0.5) is 0 Å². The van der Waals surface area contributed by atoms with E-state index in [1.807, 2.05) is 23.7 Å². The molecule has 9 heteroatoms. The van der Waals surface area contributed by atoms with Crippen molar-refractivity contribution in [3.63, 3.8) is 0 Å². The Morgan fingerprint density at radius 3 is 2.30 bits per heavy atom. The third kappa shape index (κ3) is 2.44. The zero-order valence-electron chi connectivity index (χ0n) is 9.92. The number of H-pyrrole nitrogens is 1. The van der Waals surface area contributed by atoms with Crippen molar-refractivity contribution in [1.29, 1.82) is 0 Å². The van der Waals surface area contributed by atoms with Crippen LogP contribution in [0.2, 0.25) is 0 Å². The van der Waals surface area contributed by atoms with Gasteiger partial charge in [-0.25, -0.2) is 0 Å². The standard InChI is InChI=1S/C11H6Br4N4O/c1-19-7(3-5(13)9(19)15)11-18-17-10(20-11)6-2-4(12)8(14)16-6/h2-3,16H,1H3. The molecule has 3 rings (SSSR count). The molecule has 0 aliphatic heterocycles. The Kier molecular flexibility index (Phi) is 3.95. The molecule has 3 heterocycles. The van der Waals surface area contributed by atoms with Crippen molar-refractivity contribution in [2.24, 2.45) is 7.05 Å². The van der Waals surface area contributed by atoms with E-state index in [9.17, 15) is 0 Å². The van der Waals surface area contributed by atoms with Crippen molar-refractivity contribution in [2.75, 3.05) is 0 Å². The van der Waals surface area contributed by atoms with Gasteiger partial charge in [-0.15, -0.1) is 10.2 Å². The first-order valence-corrected chi connectivity index (χ1v) is 8.53. The first-order valence-electron chi connectivity index (χ1n) is 5.36. The molecule has 0 aliphatic rings. The van der Waals surface area contributed by atoms with E-state index in [-0.39, 0.29) is 0 Å². The zero-order valence-corrected chi connectivity index (χ0v) is 16.3. The summed E-state index contributed by atoms with van der Waals surface area (Å²) < 4.78 is 11.2. The van der Waals surface area contributed by atoms with Gasteiger partial charge in [-0.05, 0) is 75.9 Å². The minimum atomic E-state index is 0.430. The quantitative estimate of drug-likeness (QED) is 0.501. The maximum atomic E-state index is 5.72. The summed E-state index contributed by atoms with van der Waals surface area (Å²) in [5, 5.41) is 8.15. The fraction of sp³-hybridized carbons (Fsp3) is 0.0909. The lowest BCUT2D eigenvalue weighted by Gasteiger charge is -1.98. The molecule has 0 saturated carbocycles. The molecule has 0 aliphatic carbocycles. The Balaban J connectivity index is 2.03. The van der Waals surface area contributed by atoms with Gasteiger partial charge in [-0.2, -0.15) is 0 Å². The number of halogens is 4. The smallest absolute Gasteiger partial charge is 0.264 e. The fourth-order valence-corrected chi connectivity index (χ4v) is 3.15. The molecule has 0 amide bonds. The highest BCUT2D eigenvalue weighted by molar-refractivity contribution is 9.13. The van der Waals surface area contributed by atoms with Crippen molar-refractivity contribution in [2.45, 2.75) is 0 Å². The maximum Gasteiger partial charge on any atom is 0.264 e. The molecule has 0 radical (unpaired) electrons. The van der Waals surface area contributed by atoms with Crippen LogP contribution in [0.1, 0.15) is 0 Å². The highest BCUT2D eigenvalue weighted by Crippen LogP contribution is 2.33. The number of nitrogens with one attached hydrogen (secondary N) is 1.